The minimum absolute atomic E-state index is 0.109. The zero-order chi connectivity index (χ0) is 41.6. The zero-order valence-corrected chi connectivity index (χ0v) is 39.9. The summed E-state index contributed by atoms with van der Waals surface area (Å²) in [6, 6.07) is 0. The fraction of sp³-hybridized carbons (Fsp3) is 0.619. The van der Waals surface area contributed by atoms with E-state index < -0.39 is 0 Å². The van der Waals surface area contributed by atoms with Gasteiger partial charge in [0, 0.05) is 0 Å². The molecule has 0 radical (unpaired) electrons. The Hall–Kier alpha value is -2.64. The molecule has 0 spiro atoms. The average Bonchev–Trinajstić information content (AvgIpc) is 4.20. The van der Waals surface area contributed by atoms with Crippen LogP contribution in [-0.4, -0.2) is 102 Å². The third-order valence-corrected chi connectivity index (χ3v) is 17.9. The average molecular weight is 943 g/mol. The first-order valence-corrected chi connectivity index (χ1v) is 26.9. The zero-order valence-electron chi connectivity index (χ0n) is 35.0. The molecular weight excluding hydrogens is 889 g/mol. The molecule has 12 rings (SSSR count). The summed E-state index contributed by atoms with van der Waals surface area (Å²) in [5.41, 5.74) is 0. The molecule has 0 aliphatic carbocycles. The van der Waals surface area contributed by atoms with E-state index in [0.717, 1.165) is 112 Å². The van der Waals surface area contributed by atoms with Crippen LogP contribution in [0.15, 0.2) is 46.1 Å². The first-order chi connectivity index (χ1) is 29.8. The molecule has 0 amide bonds. The van der Waals surface area contributed by atoms with E-state index in [1.165, 1.54) is 0 Å². The van der Waals surface area contributed by atoms with E-state index in [9.17, 15) is 0 Å². The second-order valence-corrected chi connectivity index (χ2v) is 19.6. The van der Waals surface area contributed by atoms with Gasteiger partial charge in [-0.2, -0.15) is 0 Å². The standard InChI is InChI=1S/2C18H18O6S3.3C2H6/c2*1-3-21-11-9(19-1)7-25-15(11)17-13-14(24-6-5-23-13)18(27-17)16-12-10(8-26-16)20-2-4-22-12;3*1-2/h2*15-16H,1-8H2;3*1-2H3. The lowest BCUT2D eigenvalue weighted by molar-refractivity contribution is 0.0638. The summed E-state index contributed by atoms with van der Waals surface area (Å²) in [5.74, 6) is 14.5. The number of hydrogen-bond donors (Lipinski definition) is 0. The molecule has 330 valence electrons. The lowest BCUT2D eigenvalue weighted by Crippen LogP contribution is -2.17. The molecule has 0 aromatic carbocycles. The Morgan fingerprint density at radius 3 is 0.717 bits per heavy atom. The quantitative estimate of drug-likeness (QED) is 0.290. The normalized spacial score (nSPS) is 26.2. The first-order valence-electron chi connectivity index (χ1n) is 21.1. The topological polar surface area (TPSA) is 111 Å². The maximum atomic E-state index is 6.08. The van der Waals surface area contributed by atoms with Crippen molar-refractivity contribution in [2.45, 2.75) is 62.5 Å². The van der Waals surface area contributed by atoms with Crippen LogP contribution in [0, 0.1) is 0 Å². The first kappa shape index (κ1) is 44.0. The minimum Gasteiger partial charge on any atom is -0.490 e. The van der Waals surface area contributed by atoms with E-state index in [-0.39, 0.29) is 21.0 Å². The number of ether oxygens (including phenoxy) is 12. The second kappa shape index (κ2) is 20.7. The summed E-state index contributed by atoms with van der Waals surface area (Å²) in [7, 11) is 0. The van der Waals surface area contributed by atoms with Crippen LogP contribution in [0.4, 0.5) is 0 Å². The molecule has 10 aliphatic heterocycles. The number of fused-ring (bicyclic) bond motifs is 2. The highest BCUT2D eigenvalue weighted by Gasteiger charge is 2.45. The molecule has 0 bridgehead atoms. The van der Waals surface area contributed by atoms with Gasteiger partial charge in [-0.05, 0) is 0 Å². The van der Waals surface area contributed by atoms with Crippen molar-refractivity contribution in [3.63, 3.8) is 0 Å². The molecule has 10 aliphatic rings. The Labute approximate surface area is 377 Å². The summed E-state index contributed by atoms with van der Waals surface area (Å²) in [6.07, 6.45) is 0. The van der Waals surface area contributed by atoms with Gasteiger partial charge in [0.15, 0.2) is 46.0 Å². The van der Waals surface area contributed by atoms with Crippen molar-refractivity contribution in [1.82, 2.24) is 0 Å². The Morgan fingerprint density at radius 2 is 0.483 bits per heavy atom. The molecule has 0 saturated heterocycles. The molecule has 0 N–H and O–H groups in total. The highest BCUT2D eigenvalue weighted by Crippen LogP contribution is 2.62. The number of rotatable bonds is 4. The van der Waals surface area contributed by atoms with Crippen LogP contribution in [-0.2, 0) is 37.9 Å². The summed E-state index contributed by atoms with van der Waals surface area (Å²) in [5, 5.41) is 0.437. The van der Waals surface area contributed by atoms with Crippen molar-refractivity contribution in [2.24, 2.45) is 0 Å². The number of hydrogen-bond acceptors (Lipinski definition) is 18. The maximum Gasteiger partial charge on any atom is 0.177 e. The van der Waals surface area contributed by atoms with Crippen LogP contribution in [0.1, 0.15) is 82.1 Å². The largest absolute Gasteiger partial charge is 0.490 e. The van der Waals surface area contributed by atoms with E-state index in [2.05, 4.69) is 0 Å². The third-order valence-electron chi connectivity index (χ3n) is 9.90. The molecule has 4 unspecified atom stereocenters. The summed E-state index contributed by atoms with van der Waals surface area (Å²) in [4.78, 5) is 4.64. The minimum atomic E-state index is 0.109. The second-order valence-electron chi connectivity index (χ2n) is 13.1. The smallest absolute Gasteiger partial charge is 0.177 e. The van der Waals surface area contributed by atoms with Gasteiger partial charge in [-0.15, -0.1) is 69.7 Å². The fourth-order valence-corrected chi connectivity index (χ4v) is 15.9. The van der Waals surface area contributed by atoms with Crippen molar-refractivity contribution in [1.29, 1.82) is 0 Å². The number of thioether (sulfide) groups is 4. The van der Waals surface area contributed by atoms with Crippen LogP contribution in [0.5, 0.6) is 23.0 Å². The maximum absolute atomic E-state index is 6.08. The SMILES string of the molecule is C1COC2=C(CSC2c2sc(C3SCC4=C3OCCO4)c3c2OCCO3)O1.C1COC2=C(CSC2c2sc(C3SCC4=C3OCCO4)c3c2OCCO3)O1.CC.CC.CC. The van der Waals surface area contributed by atoms with E-state index in [0.29, 0.717) is 79.3 Å². The lowest BCUT2D eigenvalue weighted by Gasteiger charge is -2.22. The van der Waals surface area contributed by atoms with Crippen molar-refractivity contribution in [3.05, 3.63) is 65.6 Å². The van der Waals surface area contributed by atoms with Gasteiger partial charge < -0.3 is 56.8 Å². The molecule has 2 aromatic heterocycles. The van der Waals surface area contributed by atoms with E-state index >= 15 is 0 Å². The van der Waals surface area contributed by atoms with E-state index in [4.69, 9.17) is 56.8 Å². The Balaban J connectivity index is 0.000000148. The Kier molecular flexibility index (Phi) is 15.2. The summed E-state index contributed by atoms with van der Waals surface area (Å²) >= 11 is 10.8. The van der Waals surface area contributed by atoms with Crippen LogP contribution in [0.2, 0.25) is 0 Å². The molecular formula is C42H54O12S6. The fourth-order valence-electron chi connectivity index (χ4n) is 7.61. The van der Waals surface area contributed by atoms with Crippen molar-refractivity contribution in [2.75, 3.05) is 102 Å². The molecule has 2 aromatic rings. The predicted octanol–water partition coefficient (Wildman–Crippen LogP) is 10.3. The number of thiophene rings is 2. The van der Waals surface area contributed by atoms with Gasteiger partial charge in [-0.25, -0.2) is 0 Å². The molecule has 0 fully saturated rings. The van der Waals surface area contributed by atoms with E-state index in [1.807, 2.05) is 88.6 Å². The molecule has 18 heteroatoms. The monoisotopic (exact) mass is 942 g/mol. The molecule has 12 nitrogen and oxygen atoms in total. The third kappa shape index (κ3) is 8.42. The molecule has 0 saturated carbocycles. The molecule has 60 heavy (non-hydrogen) atoms. The van der Waals surface area contributed by atoms with Gasteiger partial charge in [0.25, 0.3) is 0 Å². The van der Waals surface area contributed by atoms with Crippen molar-refractivity contribution < 1.29 is 56.8 Å². The highest BCUT2D eigenvalue weighted by atomic mass is 32.2. The van der Waals surface area contributed by atoms with Gasteiger partial charge >= 0.3 is 0 Å². The molecule has 4 atom stereocenters. The van der Waals surface area contributed by atoms with Gasteiger partial charge in [-0.3, -0.25) is 0 Å². The van der Waals surface area contributed by atoms with Crippen molar-refractivity contribution >= 4 is 69.7 Å². The molecule has 12 heterocycles. The van der Waals surface area contributed by atoms with Crippen LogP contribution in [0.25, 0.3) is 0 Å². The summed E-state index contributed by atoms with van der Waals surface area (Å²) < 4.78 is 71.3. The van der Waals surface area contributed by atoms with Crippen LogP contribution in [0.3, 0.4) is 0 Å². The highest BCUT2D eigenvalue weighted by molar-refractivity contribution is 8.01. The summed E-state index contributed by atoms with van der Waals surface area (Å²) in [6.45, 7) is 19.2. The van der Waals surface area contributed by atoms with Gasteiger partial charge in [0.05, 0.1) is 42.5 Å². The van der Waals surface area contributed by atoms with Gasteiger partial charge in [-0.1, -0.05) is 41.5 Å². The van der Waals surface area contributed by atoms with Crippen LogP contribution >= 0.6 is 69.7 Å². The Morgan fingerprint density at radius 1 is 0.283 bits per heavy atom. The van der Waals surface area contributed by atoms with Crippen LogP contribution < -0.4 is 18.9 Å². The van der Waals surface area contributed by atoms with E-state index in [1.54, 1.807) is 22.7 Å². The predicted molar refractivity (Wildman–Crippen MR) is 241 cm³/mol. The lowest BCUT2D eigenvalue weighted by atomic mass is 10.2. The van der Waals surface area contributed by atoms with Gasteiger partial charge in [0.2, 0.25) is 0 Å². The van der Waals surface area contributed by atoms with Crippen molar-refractivity contribution in [3.8, 4) is 23.0 Å². The Bertz CT molecular complexity index is 1700. The van der Waals surface area contributed by atoms with Gasteiger partial charge in [0.1, 0.15) is 123 Å².